The molecule has 0 aliphatic carbocycles. The Balaban J connectivity index is 0.000000671. The maximum Gasteiger partial charge on any atom is 0.0350 e. The summed E-state index contributed by atoms with van der Waals surface area (Å²) in [6.45, 7) is 8.03. The lowest BCUT2D eigenvalue weighted by molar-refractivity contribution is 1.14. The van der Waals surface area contributed by atoms with Crippen molar-refractivity contribution in [1.29, 1.82) is 0 Å². The van der Waals surface area contributed by atoms with E-state index in [1.807, 2.05) is 32.9 Å². The van der Waals surface area contributed by atoms with E-state index in [0.29, 0.717) is 0 Å². The van der Waals surface area contributed by atoms with Gasteiger partial charge in [-0.05, 0) is 36.6 Å². The van der Waals surface area contributed by atoms with Gasteiger partial charge in [-0.1, -0.05) is 20.8 Å². The highest BCUT2D eigenvalue weighted by Crippen LogP contribution is 2.20. The monoisotopic (exact) mass is 180 g/mol. The molecule has 0 bridgehead atoms. The van der Waals surface area contributed by atoms with Crippen LogP contribution >= 0.6 is 0 Å². The van der Waals surface area contributed by atoms with Crippen molar-refractivity contribution in [2.45, 2.75) is 34.1 Å². The highest BCUT2D eigenvalue weighted by atomic mass is 14.6. The number of benzene rings is 1. The Morgan fingerprint density at radius 2 is 1.62 bits per heavy atom. The second-order valence-corrected chi connectivity index (χ2v) is 2.76. The smallest absolute Gasteiger partial charge is 0.0350 e. The summed E-state index contributed by atoms with van der Waals surface area (Å²) in [6, 6.07) is 3.87. The van der Waals surface area contributed by atoms with Crippen molar-refractivity contribution in [2.24, 2.45) is 0 Å². The molecule has 1 aromatic rings. The molecule has 0 saturated heterocycles. The molecule has 2 nitrogen and oxygen atoms in total. The maximum atomic E-state index is 5.75. The Morgan fingerprint density at radius 1 is 1.08 bits per heavy atom. The summed E-state index contributed by atoms with van der Waals surface area (Å²) < 4.78 is 0. The molecule has 74 valence electrons. The summed E-state index contributed by atoms with van der Waals surface area (Å²) in [5.74, 6) is 0. The molecular weight excluding hydrogens is 160 g/mol. The predicted octanol–water partition coefficient (Wildman–Crippen LogP) is 2.75. The summed E-state index contributed by atoms with van der Waals surface area (Å²) in [7, 11) is 0. The van der Waals surface area contributed by atoms with Crippen molar-refractivity contribution >= 4 is 11.4 Å². The van der Waals surface area contributed by atoms with E-state index in [1.165, 1.54) is 0 Å². The minimum atomic E-state index is 0.830. The summed E-state index contributed by atoms with van der Waals surface area (Å²) in [6.07, 6.45) is 0.941. The van der Waals surface area contributed by atoms with Gasteiger partial charge in [-0.25, -0.2) is 0 Å². The number of aryl methyl sites for hydroxylation is 2. The minimum absolute atomic E-state index is 0.830. The largest absolute Gasteiger partial charge is 0.399 e. The lowest BCUT2D eigenvalue weighted by atomic mass is 10.1. The number of nitrogens with two attached hydrogens (primary N) is 2. The first-order chi connectivity index (χ1) is 6.15. The van der Waals surface area contributed by atoms with Gasteiger partial charge in [-0.3, -0.25) is 0 Å². The molecule has 0 unspecified atom stereocenters. The quantitative estimate of drug-likeness (QED) is 0.653. The van der Waals surface area contributed by atoms with E-state index >= 15 is 0 Å². The molecule has 0 fully saturated rings. The first-order valence-electron chi connectivity index (χ1n) is 4.79. The van der Waals surface area contributed by atoms with Crippen molar-refractivity contribution in [1.82, 2.24) is 0 Å². The van der Waals surface area contributed by atoms with E-state index in [-0.39, 0.29) is 0 Å². The zero-order valence-corrected chi connectivity index (χ0v) is 9.02. The van der Waals surface area contributed by atoms with E-state index in [1.54, 1.807) is 0 Å². The SMILES string of the molecule is CC.CCc1cc(N)c(C)cc1N. The molecule has 0 atom stereocenters. The molecule has 13 heavy (non-hydrogen) atoms. The Bertz CT molecular complexity index is 267. The molecule has 0 spiro atoms. The van der Waals surface area contributed by atoms with Gasteiger partial charge in [-0.15, -0.1) is 0 Å². The predicted molar refractivity (Wildman–Crippen MR) is 60.7 cm³/mol. The fourth-order valence-electron chi connectivity index (χ4n) is 1.10. The summed E-state index contributed by atoms with van der Waals surface area (Å²) in [4.78, 5) is 0. The topological polar surface area (TPSA) is 52.0 Å². The number of hydrogen-bond acceptors (Lipinski definition) is 2. The van der Waals surface area contributed by atoms with Crippen LogP contribution in [0.5, 0.6) is 0 Å². The van der Waals surface area contributed by atoms with Gasteiger partial charge < -0.3 is 11.5 Å². The fraction of sp³-hybridized carbons (Fsp3) is 0.455. The summed E-state index contributed by atoms with van der Waals surface area (Å²) in [5, 5.41) is 0. The van der Waals surface area contributed by atoms with Crippen molar-refractivity contribution in [3.05, 3.63) is 23.3 Å². The van der Waals surface area contributed by atoms with Crippen LogP contribution in [-0.4, -0.2) is 0 Å². The molecule has 0 aliphatic rings. The van der Waals surface area contributed by atoms with Crippen molar-refractivity contribution < 1.29 is 0 Å². The van der Waals surface area contributed by atoms with Gasteiger partial charge in [0.15, 0.2) is 0 Å². The Morgan fingerprint density at radius 3 is 2.08 bits per heavy atom. The minimum Gasteiger partial charge on any atom is -0.399 e. The zero-order chi connectivity index (χ0) is 10.4. The molecule has 0 aliphatic heterocycles. The second-order valence-electron chi connectivity index (χ2n) is 2.76. The number of nitrogen functional groups attached to an aromatic ring is 2. The van der Waals surface area contributed by atoms with Crippen LogP contribution in [0.1, 0.15) is 31.9 Å². The van der Waals surface area contributed by atoms with Gasteiger partial charge in [0.1, 0.15) is 0 Å². The van der Waals surface area contributed by atoms with Crippen LogP contribution in [0.3, 0.4) is 0 Å². The van der Waals surface area contributed by atoms with E-state index in [0.717, 1.165) is 28.9 Å². The van der Waals surface area contributed by atoms with Crippen LogP contribution in [-0.2, 0) is 6.42 Å². The van der Waals surface area contributed by atoms with Gasteiger partial charge in [0, 0.05) is 11.4 Å². The van der Waals surface area contributed by atoms with E-state index in [4.69, 9.17) is 11.5 Å². The van der Waals surface area contributed by atoms with E-state index < -0.39 is 0 Å². The van der Waals surface area contributed by atoms with Gasteiger partial charge in [-0.2, -0.15) is 0 Å². The van der Waals surface area contributed by atoms with Crippen LogP contribution in [0.4, 0.5) is 11.4 Å². The number of rotatable bonds is 1. The molecule has 0 radical (unpaired) electrons. The standard InChI is InChI=1S/C9H14N2.C2H6/c1-3-7-5-8(10)6(2)4-9(7)11;1-2/h4-5H,3,10-11H2,1-2H3;1-2H3. The Kier molecular flexibility index (Phi) is 4.97. The molecule has 0 aromatic heterocycles. The molecule has 0 heterocycles. The molecular formula is C11H20N2. The third-order valence-corrected chi connectivity index (χ3v) is 1.91. The van der Waals surface area contributed by atoms with Gasteiger partial charge >= 0.3 is 0 Å². The van der Waals surface area contributed by atoms with Gasteiger partial charge in [0.25, 0.3) is 0 Å². The van der Waals surface area contributed by atoms with Crippen LogP contribution < -0.4 is 11.5 Å². The zero-order valence-electron chi connectivity index (χ0n) is 9.02. The van der Waals surface area contributed by atoms with Gasteiger partial charge in [0.2, 0.25) is 0 Å². The lowest BCUT2D eigenvalue weighted by Crippen LogP contribution is -1.97. The molecule has 1 rings (SSSR count). The first-order valence-corrected chi connectivity index (χ1v) is 4.79. The van der Waals surface area contributed by atoms with Crippen LogP contribution in [0.2, 0.25) is 0 Å². The molecule has 0 amide bonds. The molecule has 2 heteroatoms. The summed E-state index contributed by atoms with van der Waals surface area (Å²) in [5.41, 5.74) is 15.3. The normalized spacial score (nSPS) is 8.92. The van der Waals surface area contributed by atoms with Crippen molar-refractivity contribution in [3.63, 3.8) is 0 Å². The van der Waals surface area contributed by atoms with E-state index in [9.17, 15) is 0 Å². The number of anilines is 2. The van der Waals surface area contributed by atoms with Crippen molar-refractivity contribution in [2.75, 3.05) is 11.5 Å². The molecule has 4 N–H and O–H groups in total. The van der Waals surface area contributed by atoms with Crippen LogP contribution in [0.25, 0.3) is 0 Å². The fourth-order valence-corrected chi connectivity index (χ4v) is 1.10. The second kappa shape index (κ2) is 5.46. The highest BCUT2D eigenvalue weighted by molar-refractivity contribution is 5.59. The average molecular weight is 180 g/mol. The van der Waals surface area contributed by atoms with Crippen molar-refractivity contribution in [3.8, 4) is 0 Å². The lowest BCUT2D eigenvalue weighted by Gasteiger charge is -2.06. The van der Waals surface area contributed by atoms with E-state index in [2.05, 4.69) is 6.92 Å². The maximum absolute atomic E-state index is 5.75. The van der Waals surface area contributed by atoms with Crippen LogP contribution in [0, 0.1) is 6.92 Å². The molecule has 1 aromatic carbocycles. The third-order valence-electron chi connectivity index (χ3n) is 1.91. The first kappa shape index (κ1) is 11.8. The Labute approximate surface area is 80.9 Å². The van der Waals surface area contributed by atoms with Crippen LogP contribution in [0.15, 0.2) is 12.1 Å². The van der Waals surface area contributed by atoms with Gasteiger partial charge in [0.05, 0.1) is 0 Å². The average Bonchev–Trinajstić information content (AvgIpc) is 2.15. The Hall–Kier alpha value is -1.18. The third kappa shape index (κ3) is 2.98. The molecule has 0 saturated carbocycles. The summed E-state index contributed by atoms with van der Waals surface area (Å²) >= 11 is 0. The number of hydrogen-bond donors (Lipinski definition) is 2. The highest BCUT2D eigenvalue weighted by Gasteiger charge is 1.99.